The molecule has 1 amide bonds. The molecule has 3 fully saturated rings. The van der Waals surface area contributed by atoms with E-state index in [0.29, 0.717) is 23.7 Å². The van der Waals surface area contributed by atoms with Crippen LogP contribution in [0.5, 0.6) is 0 Å². The largest absolute Gasteiger partial charge is 0.371 e. The summed E-state index contributed by atoms with van der Waals surface area (Å²) in [4.78, 5) is 20.3. The van der Waals surface area contributed by atoms with Crippen molar-refractivity contribution >= 4 is 17.5 Å². The summed E-state index contributed by atoms with van der Waals surface area (Å²) in [5, 5.41) is 6.97. The van der Waals surface area contributed by atoms with E-state index in [0.717, 1.165) is 5.56 Å². The molecular weight excluding hydrogens is 436 g/mol. The highest BCUT2D eigenvalue weighted by Crippen LogP contribution is 2.44. The Kier molecular flexibility index (Phi) is 5.65. The van der Waals surface area contributed by atoms with Crippen LogP contribution in [0.2, 0.25) is 5.02 Å². The minimum atomic E-state index is -0.788. The van der Waals surface area contributed by atoms with Crippen molar-refractivity contribution in [1.29, 1.82) is 0 Å². The lowest BCUT2D eigenvalue weighted by Gasteiger charge is -2.27. The number of epoxide rings is 1. The third-order valence-electron chi connectivity index (χ3n) is 5.85. The number of aromatic nitrogens is 2. The molecule has 0 saturated carbocycles. The van der Waals surface area contributed by atoms with Crippen molar-refractivity contribution in [2.75, 3.05) is 19.7 Å². The van der Waals surface area contributed by atoms with Gasteiger partial charge in [0.1, 0.15) is 30.4 Å². The number of carbonyl (C=O) groups excluding carboxylic acids is 1. The number of halogens is 1. The zero-order chi connectivity index (χ0) is 22.3. The number of fused-ring (bicyclic) bond motifs is 1. The van der Waals surface area contributed by atoms with Gasteiger partial charge in [-0.15, -0.1) is 0 Å². The van der Waals surface area contributed by atoms with E-state index < -0.39 is 11.4 Å². The lowest BCUT2D eigenvalue weighted by molar-refractivity contribution is -0.188. The number of benzene rings is 1. The molecule has 1 aromatic carbocycles. The zero-order valence-electron chi connectivity index (χ0n) is 17.8. The highest BCUT2D eigenvalue weighted by Gasteiger charge is 2.61. The Balaban J connectivity index is 1.20. The molecule has 4 heterocycles. The summed E-state index contributed by atoms with van der Waals surface area (Å²) in [5.41, 5.74) is 0.558. The van der Waals surface area contributed by atoms with Crippen molar-refractivity contribution in [3.05, 3.63) is 59.1 Å². The summed E-state index contributed by atoms with van der Waals surface area (Å²) in [6.07, 6.45) is 3.48. The van der Waals surface area contributed by atoms with Gasteiger partial charge in [0.05, 0.1) is 24.8 Å². The van der Waals surface area contributed by atoms with Gasteiger partial charge in [0.15, 0.2) is 5.79 Å². The average molecular weight is 461 g/mol. The van der Waals surface area contributed by atoms with Crippen LogP contribution in [-0.2, 0) is 18.9 Å². The van der Waals surface area contributed by atoms with E-state index in [2.05, 4.69) is 20.6 Å². The summed E-state index contributed by atoms with van der Waals surface area (Å²) in [6.45, 7) is 4.79. The van der Waals surface area contributed by atoms with E-state index in [-0.39, 0.29) is 37.0 Å². The van der Waals surface area contributed by atoms with E-state index in [1.165, 1.54) is 18.7 Å². The van der Waals surface area contributed by atoms with Crippen molar-refractivity contribution in [3.63, 3.8) is 0 Å². The van der Waals surface area contributed by atoms with E-state index >= 15 is 0 Å². The lowest BCUT2D eigenvalue weighted by Crippen LogP contribution is -2.52. The van der Waals surface area contributed by atoms with Crippen LogP contribution in [0.25, 0.3) is 0 Å². The van der Waals surface area contributed by atoms with Gasteiger partial charge in [-0.3, -0.25) is 10.1 Å². The molecule has 9 nitrogen and oxygen atoms in total. The van der Waals surface area contributed by atoms with Crippen molar-refractivity contribution in [3.8, 4) is 0 Å². The van der Waals surface area contributed by atoms with Gasteiger partial charge in [0, 0.05) is 29.5 Å². The molecule has 5 atom stereocenters. The topological polar surface area (TPSA) is 107 Å². The number of nitrogens with zero attached hydrogens (tertiary/aromatic N) is 2. The summed E-state index contributed by atoms with van der Waals surface area (Å²) < 4.78 is 24.2. The molecule has 5 rings (SSSR count). The SMILES string of the molecule is CC1(C)O[C@@H]2[C@@H](CNC3OC3c3ccccc3Cl)OC[C@]2(CNC(=O)c2cncnc2)O1. The Morgan fingerprint density at radius 1 is 1.25 bits per heavy atom. The summed E-state index contributed by atoms with van der Waals surface area (Å²) in [5.74, 6) is -1.06. The zero-order valence-corrected chi connectivity index (χ0v) is 18.5. The fraction of sp³-hybridized carbons (Fsp3) is 0.500. The number of hydrogen-bond donors (Lipinski definition) is 2. The van der Waals surface area contributed by atoms with Gasteiger partial charge in [-0.2, -0.15) is 0 Å². The standard InChI is InChI=1S/C22H25ClN4O5/c1-21(2)31-18-16(9-26-20-17(30-20)14-5-3-4-6-15(14)23)29-11-22(18,32-21)10-27-19(28)13-7-24-12-25-8-13/h3-8,12,16-18,20,26H,9-11H2,1-2H3,(H,27,28)/t16-,17?,18-,20?,22+/m1/s1. The lowest BCUT2D eigenvalue weighted by atomic mass is 9.96. The Morgan fingerprint density at radius 3 is 2.81 bits per heavy atom. The van der Waals surface area contributed by atoms with Crippen molar-refractivity contribution in [2.24, 2.45) is 0 Å². The van der Waals surface area contributed by atoms with Crippen molar-refractivity contribution in [1.82, 2.24) is 20.6 Å². The first-order valence-electron chi connectivity index (χ1n) is 10.5. The summed E-state index contributed by atoms with van der Waals surface area (Å²) in [7, 11) is 0. The molecule has 2 aromatic rings. The minimum Gasteiger partial charge on any atom is -0.371 e. The molecule has 0 radical (unpaired) electrons. The van der Waals surface area contributed by atoms with Crippen LogP contribution in [-0.4, -0.2) is 65.4 Å². The quantitative estimate of drug-likeness (QED) is 0.603. The number of nitrogens with one attached hydrogen (secondary N) is 2. The second-order valence-electron chi connectivity index (χ2n) is 8.67. The third-order valence-corrected chi connectivity index (χ3v) is 6.20. The Labute approximate surface area is 190 Å². The average Bonchev–Trinajstić information content (AvgIpc) is 3.40. The first-order chi connectivity index (χ1) is 15.4. The highest BCUT2D eigenvalue weighted by atomic mass is 35.5. The molecule has 2 N–H and O–H groups in total. The van der Waals surface area contributed by atoms with Crippen molar-refractivity contribution < 1.29 is 23.7 Å². The van der Waals surface area contributed by atoms with Gasteiger partial charge in [0.25, 0.3) is 5.91 Å². The van der Waals surface area contributed by atoms with Gasteiger partial charge in [-0.1, -0.05) is 29.8 Å². The molecule has 3 saturated heterocycles. The molecule has 3 aliphatic rings. The molecule has 0 spiro atoms. The Morgan fingerprint density at radius 2 is 2.03 bits per heavy atom. The van der Waals surface area contributed by atoms with Crippen LogP contribution < -0.4 is 10.6 Å². The third kappa shape index (κ3) is 4.24. The molecule has 0 bridgehead atoms. The monoisotopic (exact) mass is 460 g/mol. The van der Waals surface area contributed by atoms with Crippen LogP contribution in [0.1, 0.15) is 35.9 Å². The number of amides is 1. The minimum absolute atomic E-state index is 0.0839. The summed E-state index contributed by atoms with van der Waals surface area (Å²) >= 11 is 6.27. The van der Waals surface area contributed by atoms with Gasteiger partial charge >= 0.3 is 0 Å². The molecule has 1 aromatic heterocycles. The maximum Gasteiger partial charge on any atom is 0.254 e. The fourth-order valence-corrected chi connectivity index (χ4v) is 4.63. The molecule has 3 aliphatic heterocycles. The normalized spacial score (nSPS) is 32.5. The van der Waals surface area contributed by atoms with E-state index in [9.17, 15) is 4.79 Å². The van der Waals surface area contributed by atoms with Gasteiger partial charge in [0.2, 0.25) is 0 Å². The van der Waals surface area contributed by atoms with Crippen LogP contribution >= 0.6 is 11.6 Å². The van der Waals surface area contributed by atoms with Gasteiger partial charge in [-0.25, -0.2) is 9.97 Å². The number of hydrogen-bond acceptors (Lipinski definition) is 8. The number of carbonyl (C=O) groups is 1. The molecule has 2 unspecified atom stereocenters. The number of ether oxygens (including phenoxy) is 4. The highest BCUT2D eigenvalue weighted by molar-refractivity contribution is 6.31. The second-order valence-corrected chi connectivity index (χ2v) is 9.08. The first-order valence-corrected chi connectivity index (χ1v) is 10.9. The van der Waals surface area contributed by atoms with Gasteiger partial charge < -0.3 is 24.3 Å². The van der Waals surface area contributed by atoms with Crippen LogP contribution in [0.4, 0.5) is 0 Å². The summed E-state index contributed by atoms with van der Waals surface area (Å²) in [6, 6.07) is 7.65. The van der Waals surface area contributed by atoms with E-state index in [4.69, 9.17) is 30.5 Å². The molecule has 170 valence electrons. The van der Waals surface area contributed by atoms with Crippen LogP contribution in [0.15, 0.2) is 43.0 Å². The molecule has 0 aliphatic carbocycles. The Bertz CT molecular complexity index is 993. The second kappa shape index (κ2) is 8.33. The molecule has 32 heavy (non-hydrogen) atoms. The smallest absolute Gasteiger partial charge is 0.254 e. The van der Waals surface area contributed by atoms with Crippen LogP contribution in [0, 0.1) is 0 Å². The van der Waals surface area contributed by atoms with Crippen molar-refractivity contribution in [2.45, 2.75) is 49.8 Å². The fourth-order valence-electron chi connectivity index (χ4n) is 4.39. The maximum atomic E-state index is 12.5. The number of rotatable bonds is 7. The van der Waals surface area contributed by atoms with Crippen LogP contribution in [0.3, 0.4) is 0 Å². The molecule has 10 heteroatoms. The van der Waals surface area contributed by atoms with Gasteiger partial charge in [-0.05, 0) is 19.9 Å². The first kappa shape index (κ1) is 21.7. The Hall–Kier alpha value is -2.14. The predicted octanol–water partition coefficient (Wildman–Crippen LogP) is 1.84. The maximum absolute atomic E-state index is 12.5. The predicted molar refractivity (Wildman–Crippen MR) is 114 cm³/mol. The van der Waals surface area contributed by atoms with E-state index in [1.54, 1.807) is 0 Å². The molecular formula is C22H25ClN4O5. The van der Waals surface area contributed by atoms with E-state index in [1.807, 2.05) is 38.1 Å².